The SMILES string of the molecule is COc1cc(C(=O)N2CC(OC)C2)ccc1Nc1cc2c(-c3cccnc3)cccc2cn1. The number of carbonyl (C=O) groups is 1. The number of methoxy groups -OCH3 is 2. The van der Waals surface area contributed by atoms with Gasteiger partial charge in [-0.1, -0.05) is 24.3 Å². The molecule has 0 atom stereocenters. The first kappa shape index (κ1) is 20.9. The van der Waals surface area contributed by atoms with Crippen LogP contribution in [-0.2, 0) is 4.74 Å². The number of anilines is 2. The maximum Gasteiger partial charge on any atom is 0.254 e. The number of ether oxygens (including phenoxy) is 2. The molecule has 1 saturated heterocycles. The molecule has 1 N–H and O–H groups in total. The summed E-state index contributed by atoms with van der Waals surface area (Å²) in [4.78, 5) is 23.3. The van der Waals surface area contributed by atoms with E-state index < -0.39 is 0 Å². The van der Waals surface area contributed by atoms with Crippen LogP contribution in [0.15, 0.2) is 73.2 Å². The van der Waals surface area contributed by atoms with Gasteiger partial charge < -0.3 is 19.7 Å². The lowest BCUT2D eigenvalue weighted by molar-refractivity contribution is -0.0192. The number of aromatic nitrogens is 2. The number of rotatable bonds is 6. The fourth-order valence-corrected chi connectivity index (χ4v) is 4.01. The molecule has 2 aromatic heterocycles. The lowest BCUT2D eigenvalue weighted by atomic mass is 10.0. The van der Waals surface area contributed by atoms with Crippen LogP contribution < -0.4 is 10.1 Å². The molecule has 4 aromatic rings. The van der Waals surface area contributed by atoms with Crippen LogP contribution in [0.5, 0.6) is 5.75 Å². The van der Waals surface area contributed by atoms with E-state index in [1.165, 1.54) is 0 Å². The van der Waals surface area contributed by atoms with Crippen molar-refractivity contribution in [1.29, 1.82) is 0 Å². The third kappa shape index (κ3) is 4.10. The second-order valence-electron chi connectivity index (χ2n) is 7.95. The number of fused-ring (bicyclic) bond motifs is 1. The van der Waals surface area contributed by atoms with Gasteiger partial charge in [-0.15, -0.1) is 0 Å². The number of carbonyl (C=O) groups excluding carboxylic acids is 1. The zero-order chi connectivity index (χ0) is 22.8. The van der Waals surface area contributed by atoms with E-state index >= 15 is 0 Å². The summed E-state index contributed by atoms with van der Waals surface area (Å²) in [6.07, 6.45) is 5.58. The highest BCUT2D eigenvalue weighted by molar-refractivity contribution is 5.98. The molecule has 0 unspecified atom stereocenters. The number of pyridine rings is 2. The summed E-state index contributed by atoms with van der Waals surface area (Å²) >= 11 is 0. The van der Waals surface area contributed by atoms with Crippen LogP contribution >= 0.6 is 0 Å². The topological polar surface area (TPSA) is 76.6 Å². The minimum absolute atomic E-state index is 0.0295. The van der Waals surface area contributed by atoms with Crippen LogP contribution in [0, 0.1) is 0 Å². The Morgan fingerprint density at radius 2 is 1.94 bits per heavy atom. The van der Waals surface area contributed by atoms with Crippen molar-refractivity contribution in [3.63, 3.8) is 0 Å². The molecule has 5 rings (SSSR count). The fourth-order valence-electron chi connectivity index (χ4n) is 4.01. The van der Waals surface area contributed by atoms with Gasteiger partial charge in [-0.2, -0.15) is 0 Å². The molecule has 1 aliphatic rings. The third-order valence-corrected chi connectivity index (χ3v) is 5.92. The van der Waals surface area contributed by atoms with Crippen LogP contribution in [0.4, 0.5) is 11.5 Å². The molecule has 2 aromatic carbocycles. The lowest BCUT2D eigenvalue weighted by Crippen LogP contribution is -2.54. The molecule has 0 spiro atoms. The molecular formula is C26H24N4O3. The Morgan fingerprint density at radius 3 is 2.70 bits per heavy atom. The second-order valence-corrected chi connectivity index (χ2v) is 7.95. The summed E-state index contributed by atoms with van der Waals surface area (Å²) in [6, 6.07) is 17.5. The van der Waals surface area contributed by atoms with Gasteiger partial charge in [0.25, 0.3) is 5.91 Å². The highest BCUT2D eigenvalue weighted by atomic mass is 16.5. The predicted molar refractivity (Wildman–Crippen MR) is 128 cm³/mol. The van der Waals surface area contributed by atoms with Crippen molar-refractivity contribution in [2.45, 2.75) is 6.10 Å². The molecule has 3 heterocycles. The molecule has 0 aliphatic carbocycles. The normalized spacial score (nSPS) is 13.6. The number of hydrogen-bond donors (Lipinski definition) is 1. The van der Waals surface area contributed by atoms with Gasteiger partial charge >= 0.3 is 0 Å². The standard InChI is InChI=1S/C26H24N4O3/c1-32-20-15-30(16-20)26(31)17-8-9-23(24(11-17)33-2)29-25-12-22-19(14-28-25)5-3-7-21(22)18-6-4-10-27-13-18/h3-14,20H,15-16H2,1-2H3,(H,28,29). The smallest absolute Gasteiger partial charge is 0.254 e. The minimum atomic E-state index is -0.0295. The molecule has 33 heavy (non-hydrogen) atoms. The van der Waals surface area contributed by atoms with Crippen molar-refractivity contribution in [2.24, 2.45) is 0 Å². The van der Waals surface area contributed by atoms with Gasteiger partial charge in [0, 0.05) is 55.3 Å². The van der Waals surface area contributed by atoms with E-state index in [-0.39, 0.29) is 12.0 Å². The van der Waals surface area contributed by atoms with Crippen molar-refractivity contribution in [3.05, 3.63) is 78.8 Å². The van der Waals surface area contributed by atoms with Crippen molar-refractivity contribution < 1.29 is 14.3 Å². The number of benzene rings is 2. The first-order chi connectivity index (χ1) is 16.2. The average Bonchev–Trinajstić information content (AvgIpc) is 2.83. The zero-order valence-corrected chi connectivity index (χ0v) is 18.5. The summed E-state index contributed by atoms with van der Waals surface area (Å²) < 4.78 is 10.8. The van der Waals surface area contributed by atoms with E-state index in [2.05, 4.69) is 21.4 Å². The van der Waals surface area contributed by atoms with Crippen LogP contribution in [0.3, 0.4) is 0 Å². The van der Waals surface area contributed by atoms with Crippen molar-refractivity contribution >= 4 is 28.2 Å². The largest absolute Gasteiger partial charge is 0.495 e. The molecule has 1 aliphatic heterocycles. The number of amides is 1. The summed E-state index contributed by atoms with van der Waals surface area (Å²) in [7, 11) is 3.25. The second kappa shape index (κ2) is 8.88. The summed E-state index contributed by atoms with van der Waals surface area (Å²) in [5.74, 6) is 1.23. The molecular weight excluding hydrogens is 416 g/mol. The molecule has 0 bridgehead atoms. The molecule has 7 nitrogen and oxygen atoms in total. The maximum absolute atomic E-state index is 12.7. The molecule has 166 valence electrons. The van der Waals surface area contributed by atoms with Gasteiger partial charge in [-0.3, -0.25) is 9.78 Å². The number of nitrogens with one attached hydrogen (secondary N) is 1. The predicted octanol–water partition coefficient (Wildman–Crippen LogP) is 4.52. The maximum atomic E-state index is 12.7. The monoisotopic (exact) mass is 440 g/mol. The minimum Gasteiger partial charge on any atom is -0.495 e. The first-order valence-corrected chi connectivity index (χ1v) is 10.7. The Bertz CT molecular complexity index is 1300. The van der Waals surface area contributed by atoms with Crippen molar-refractivity contribution in [1.82, 2.24) is 14.9 Å². The first-order valence-electron chi connectivity index (χ1n) is 10.7. The third-order valence-electron chi connectivity index (χ3n) is 5.92. The van der Waals surface area contributed by atoms with E-state index in [0.717, 1.165) is 27.6 Å². The van der Waals surface area contributed by atoms with Crippen molar-refractivity contribution in [3.8, 4) is 16.9 Å². The van der Waals surface area contributed by atoms with Crippen LogP contribution in [-0.4, -0.2) is 54.2 Å². The van der Waals surface area contributed by atoms with Gasteiger partial charge in [-0.25, -0.2) is 4.98 Å². The number of nitrogens with zero attached hydrogens (tertiary/aromatic N) is 3. The Morgan fingerprint density at radius 1 is 1.06 bits per heavy atom. The van der Waals surface area contributed by atoms with Crippen LogP contribution in [0.1, 0.15) is 10.4 Å². The highest BCUT2D eigenvalue weighted by Crippen LogP contribution is 2.33. The molecule has 0 radical (unpaired) electrons. The Kier molecular flexibility index (Phi) is 5.62. The Labute approximate surface area is 192 Å². The van der Waals surface area contributed by atoms with Gasteiger partial charge in [0.1, 0.15) is 11.6 Å². The van der Waals surface area contributed by atoms with E-state index in [1.54, 1.807) is 37.4 Å². The van der Waals surface area contributed by atoms with Gasteiger partial charge in [-0.05, 0) is 41.3 Å². The Hall–Kier alpha value is -3.97. The lowest BCUT2D eigenvalue weighted by Gasteiger charge is -2.38. The van der Waals surface area contributed by atoms with E-state index in [0.29, 0.717) is 30.2 Å². The number of likely N-dealkylation sites (tertiary alicyclic amines) is 1. The van der Waals surface area contributed by atoms with E-state index in [9.17, 15) is 4.79 Å². The van der Waals surface area contributed by atoms with Gasteiger partial charge in [0.05, 0.1) is 18.9 Å². The quantitative estimate of drug-likeness (QED) is 0.475. The summed E-state index contributed by atoms with van der Waals surface area (Å²) in [6.45, 7) is 1.22. The average molecular weight is 441 g/mol. The Balaban J connectivity index is 1.43. The molecule has 1 fully saturated rings. The summed E-state index contributed by atoms with van der Waals surface area (Å²) in [5.41, 5.74) is 3.45. The van der Waals surface area contributed by atoms with Crippen molar-refractivity contribution in [2.75, 3.05) is 32.6 Å². The van der Waals surface area contributed by atoms with E-state index in [1.807, 2.05) is 48.8 Å². The number of hydrogen-bond acceptors (Lipinski definition) is 6. The van der Waals surface area contributed by atoms with E-state index in [4.69, 9.17) is 9.47 Å². The summed E-state index contributed by atoms with van der Waals surface area (Å²) in [5, 5.41) is 5.45. The highest BCUT2D eigenvalue weighted by Gasteiger charge is 2.31. The molecule has 1 amide bonds. The van der Waals surface area contributed by atoms with Crippen LogP contribution in [0.2, 0.25) is 0 Å². The zero-order valence-electron chi connectivity index (χ0n) is 18.5. The van der Waals surface area contributed by atoms with Crippen LogP contribution in [0.25, 0.3) is 21.9 Å². The molecule has 0 saturated carbocycles. The molecule has 7 heteroatoms. The van der Waals surface area contributed by atoms with Gasteiger partial charge in [0.15, 0.2) is 0 Å². The van der Waals surface area contributed by atoms with Gasteiger partial charge in [0.2, 0.25) is 0 Å². The fraction of sp³-hybridized carbons (Fsp3) is 0.192.